The molecule has 0 amide bonds. The molecule has 0 aliphatic carbocycles. The van der Waals surface area contributed by atoms with Crippen molar-refractivity contribution in [3.05, 3.63) is 29.6 Å². The molecule has 0 bridgehead atoms. The lowest BCUT2D eigenvalue weighted by molar-refractivity contribution is 0.0692. The molecule has 0 saturated carbocycles. The topological polar surface area (TPSA) is 94.9 Å². The van der Waals surface area contributed by atoms with Crippen LogP contribution in [0.5, 0.6) is 0 Å². The molecule has 0 heterocycles. The number of nitrogens with zero attached hydrogens (tertiary/aromatic N) is 1. The van der Waals surface area contributed by atoms with Crippen molar-refractivity contribution in [2.24, 2.45) is 0 Å². The maximum atomic E-state index is 13.3. The monoisotopic (exact) mass is 305 g/mol. The summed E-state index contributed by atoms with van der Waals surface area (Å²) in [6.45, 7) is 2.45. The van der Waals surface area contributed by atoms with Gasteiger partial charge in [0, 0.05) is 7.05 Å². The standard InChI is InChI=1S/C12H16FNO5S/c1-12(2,7-15)14(3)20(18,19)10-6-8(13)4-5-9(10)11(16)17/h4-6,15H,7H2,1-3H3,(H,16,17). The van der Waals surface area contributed by atoms with E-state index < -0.39 is 44.4 Å². The van der Waals surface area contributed by atoms with Gasteiger partial charge >= 0.3 is 5.97 Å². The van der Waals surface area contributed by atoms with Crippen LogP contribution in [0.15, 0.2) is 23.1 Å². The number of sulfonamides is 1. The van der Waals surface area contributed by atoms with Crippen LogP contribution in [0.3, 0.4) is 0 Å². The Hall–Kier alpha value is -1.51. The minimum absolute atomic E-state index is 0.472. The Morgan fingerprint density at radius 1 is 1.40 bits per heavy atom. The third kappa shape index (κ3) is 2.97. The van der Waals surface area contributed by atoms with Gasteiger partial charge in [0.25, 0.3) is 0 Å². The summed E-state index contributed by atoms with van der Waals surface area (Å²) >= 11 is 0. The van der Waals surface area contributed by atoms with E-state index in [1.165, 1.54) is 20.9 Å². The van der Waals surface area contributed by atoms with Gasteiger partial charge in [0.2, 0.25) is 10.0 Å². The van der Waals surface area contributed by atoms with Gasteiger partial charge in [-0.25, -0.2) is 17.6 Å². The van der Waals surface area contributed by atoms with Crippen LogP contribution in [0.25, 0.3) is 0 Å². The smallest absolute Gasteiger partial charge is 0.337 e. The van der Waals surface area contributed by atoms with Crippen LogP contribution in [-0.4, -0.2) is 48.1 Å². The summed E-state index contributed by atoms with van der Waals surface area (Å²) in [5.74, 6) is -2.33. The van der Waals surface area contributed by atoms with Crippen molar-refractivity contribution in [1.29, 1.82) is 0 Å². The summed E-state index contributed by atoms with van der Waals surface area (Å²) in [6.07, 6.45) is 0. The zero-order valence-electron chi connectivity index (χ0n) is 11.3. The molecule has 0 aliphatic heterocycles. The second-order valence-corrected chi connectivity index (χ2v) is 6.83. The third-order valence-electron chi connectivity index (χ3n) is 3.05. The van der Waals surface area contributed by atoms with Gasteiger partial charge in [-0.15, -0.1) is 0 Å². The number of hydrogen-bond acceptors (Lipinski definition) is 4. The normalized spacial score (nSPS) is 12.7. The van der Waals surface area contributed by atoms with Crippen molar-refractivity contribution >= 4 is 16.0 Å². The summed E-state index contributed by atoms with van der Waals surface area (Å²) < 4.78 is 38.9. The maximum Gasteiger partial charge on any atom is 0.337 e. The van der Waals surface area contributed by atoms with E-state index in [2.05, 4.69) is 0 Å². The summed E-state index contributed by atoms with van der Waals surface area (Å²) in [7, 11) is -3.06. The lowest BCUT2D eigenvalue weighted by atomic mass is 10.1. The number of aliphatic hydroxyl groups excluding tert-OH is 1. The molecule has 8 heteroatoms. The highest BCUT2D eigenvalue weighted by Crippen LogP contribution is 2.26. The number of carbonyl (C=O) groups is 1. The van der Waals surface area contributed by atoms with Gasteiger partial charge in [0.15, 0.2) is 0 Å². The quantitative estimate of drug-likeness (QED) is 0.843. The minimum atomic E-state index is -4.25. The summed E-state index contributed by atoms with van der Waals surface area (Å²) in [6, 6.07) is 2.42. The van der Waals surface area contributed by atoms with Crippen molar-refractivity contribution in [2.45, 2.75) is 24.3 Å². The highest BCUT2D eigenvalue weighted by atomic mass is 32.2. The van der Waals surface area contributed by atoms with Crippen molar-refractivity contribution < 1.29 is 27.8 Å². The Balaban J connectivity index is 3.50. The first-order valence-corrected chi connectivity index (χ1v) is 7.11. The van der Waals surface area contributed by atoms with E-state index in [9.17, 15) is 22.7 Å². The number of rotatable bonds is 5. The van der Waals surface area contributed by atoms with E-state index in [1.54, 1.807) is 0 Å². The number of carboxylic acids is 1. The van der Waals surface area contributed by atoms with Crippen LogP contribution in [-0.2, 0) is 10.0 Å². The first-order chi connectivity index (χ1) is 9.04. The second-order valence-electron chi connectivity index (χ2n) is 4.89. The molecule has 0 unspecified atom stereocenters. The van der Waals surface area contributed by atoms with Gasteiger partial charge in [-0.2, -0.15) is 4.31 Å². The van der Waals surface area contributed by atoms with Crippen molar-refractivity contribution in [3.8, 4) is 0 Å². The predicted molar refractivity (Wildman–Crippen MR) is 69.5 cm³/mol. The highest BCUT2D eigenvalue weighted by molar-refractivity contribution is 7.89. The van der Waals surface area contributed by atoms with Crippen LogP contribution >= 0.6 is 0 Å². The molecule has 1 rings (SSSR count). The Kier molecular flexibility index (Phi) is 4.52. The van der Waals surface area contributed by atoms with Crippen molar-refractivity contribution in [2.75, 3.05) is 13.7 Å². The van der Waals surface area contributed by atoms with Gasteiger partial charge in [-0.05, 0) is 32.0 Å². The van der Waals surface area contributed by atoms with Gasteiger partial charge < -0.3 is 10.2 Å². The Morgan fingerprint density at radius 2 is 1.95 bits per heavy atom. The van der Waals surface area contributed by atoms with E-state index in [0.717, 1.165) is 16.4 Å². The molecule has 0 aromatic heterocycles. The van der Waals surface area contributed by atoms with Gasteiger partial charge in [0.05, 0.1) is 22.6 Å². The van der Waals surface area contributed by atoms with Crippen LogP contribution < -0.4 is 0 Å². The molecule has 6 nitrogen and oxygen atoms in total. The molecular weight excluding hydrogens is 289 g/mol. The Morgan fingerprint density at radius 3 is 2.40 bits per heavy atom. The summed E-state index contributed by atoms with van der Waals surface area (Å²) in [5.41, 5.74) is -1.67. The maximum absolute atomic E-state index is 13.3. The average molecular weight is 305 g/mol. The molecular formula is C12H16FNO5S. The number of aliphatic hydroxyl groups is 1. The van der Waals surface area contributed by atoms with Crippen LogP contribution in [0.4, 0.5) is 4.39 Å². The summed E-state index contributed by atoms with van der Waals surface area (Å²) in [5, 5.41) is 18.2. The van der Waals surface area contributed by atoms with E-state index in [-0.39, 0.29) is 0 Å². The molecule has 1 aromatic rings. The summed E-state index contributed by atoms with van der Waals surface area (Å²) in [4.78, 5) is 10.4. The van der Waals surface area contributed by atoms with Crippen LogP contribution in [0.2, 0.25) is 0 Å². The second kappa shape index (κ2) is 5.47. The fourth-order valence-corrected chi connectivity index (χ4v) is 3.16. The molecule has 0 fully saturated rings. The lowest BCUT2D eigenvalue weighted by Gasteiger charge is -2.33. The molecule has 0 atom stereocenters. The van der Waals surface area contributed by atoms with Crippen LogP contribution in [0, 0.1) is 5.82 Å². The van der Waals surface area contributed by atoms with Crippen molar-refractivity contribution in [1.82, 2.24) is 4.31 Å². The number of aromatic carboxylic acids is 1. The van der Waals surface area contributed by atoms with Crippen molar-refractivity contribution in [3.63, 3.8) is 0 Å². The van der Waals surface area contributed by atoms with E-state index in [1.807, 2.05) is 0 Å². The minimum Gasteiger partial charge on any atom is -0.478 e. The van der Waals surface area contributed by atoms with E-state index >= 15 is 0 Å². The predicted octanol–water partition coefficient (Wildman–Crippen LogP) is 0.915. The number of hydrogen-bond donors (Lipinski definition) is 2. The molecule has 1 aromatic carbocycles. The molecule has 20 heavy (non-hydrogen) atoms. The largest absolute Gasteiger partial charge is 0.478 e. The average Bonchev–Trinajstić information content (AvgIpc) is 2.37. The third-order valence-corrected chi connectivity index (χ3v) is 5.16. The molecule has 0 saturated heterocycles. The zero-order chi connectivity index (χ0) is 15.7. The fourth-order valence-electron chi connectivity index (χ4n) is 1.46. The Bertz CT molecular complexity index is 627. The molecule has 112 valence electrons. The highest BCUT2D eigenvalue weighted by Gasteiger charge is 2.36. The fraction of sp³-hybridized carbons (Fsp3) is 0.417. The van der Waals surface area contributed by atoms with E-state index in [0.29, 0.717) is 6.07 Å². The number of carboxylic acid groups (broad SMARTS) is 1. The number of halogens is 1. The van der Waals surface area contributed by atoms with Gasteiger partial charge in [0.1, 0.15) is 5.82 Å². The van der Waals surface area contributed by atoms with Gasteiger partial charge in [-0.3, -0.25) is 0 Å². The first kappa shape index (κ1) is 16.5. The molecule has 0 spiro atoms. The van der Waals surface area contributed by atoms with Gasteiger partial charge in [-0.1, -0.05) is 0 Å². The number of benzene rings is 1. The van der Waals surface area contributed by atoms with Crippen LogP contribution in [0.1, 0.15) is 24.2 Å². The lowest BCUT2D eigenvalue weighted by Crippen LogP contribution is -2.47. The molecule has 0 aliphatic rings. The molecule has 0 radical (unpaired) electrons. The number of likely N-dealkylation sites (N-methyl/N-ethyl adjacent to an activating group) is 1. The SMILES string of the molecule is CN(C(C)(C)CO)S(=O)(=O)c1cc(F)ccc1C(=O)O. The Labute approximate surface area is 116 Å². The first-order valence-electron chi connectivity index (χ1n) is 5.67. The zero-order valence-corrected chi connectivity index (χ0v) is 12.1. The van der Waals surface area contributed by atoms with E-state index in [4.69, 9.17) is 5.11 Å². The molecule has 2 N–H and O–H groups in total.